The number of carbonyl (C=O) groups is 2. The van der Waals surface area contributed by atoms with Crippen LogP contribution in [0.4, 0.5) is 0 Å². The smallest absolute Gasteiger partial charge is 0.330 e. The summed E-state index contributed by atoms with van der Waals surface area (Å²) in [6.45, 7) is 1.60. The zero-order valence-corrected chi connectivity index (χ0v) is 12.0. The van der Waals surface area contributed by atoms with Crippen LogP contribution in [0.25, 0.3) is 0 Å². The molecular weight excluding hydrogens is 288 g/mol. The van der Waals surface area contributed by atoms with Crippen LogP contribution in [0.1, 0.15) is 23.1 Å². The molecule has 0 radical (unpaired) electrons. The van der Waals surface area contributed by atoms with Gasteiger partial charge in [0.25, 0.3) is 0 Å². The minimum absolute atomic E-state index is 0.0946. The average Bonchev–Trinajstić information content (AvgIpc) is 2.91. The van der Waals surface area contributed by atoms with Crippen molar-refractivity contribution in [3.8, 4) is 0 Å². The lowest BCUT2D eigenvalue weighted by molar-refractivity contribution is -0.142. The predicted molar refractivity (Wildman–Crippen MR) is 75.9 cm³/mol. The van der Waals surface area contributed by atoms with E-state index in [1.807, 2.05) is 0 Å². The number of benzene rings is 1. The fraction of sp³-hybridized carbons (Fsp3) is 0.267. The molecule has 7 nitrogen and oxygen atoms in total. The summed E-state index contributed by atoms with van der Waals surface area (Å²) in [6, 6.07) is 9.05. The fourth-order valence-corrected chi connectivity index (χ4v) is 1.86. The lowest BCUT2D eigenvalue weighted by Gasteiger charge is -2.14. The maximum Gasteiger partial charge on any atom is 0.330 e. The summed E-state index contributed by atoms with van der Waals surface area (Å²) in [5, 5.41) is 15.3. The minimum atomic E-state index is -1.13. The van der Waals surface area contributed by atoms with Crippen molar-refractivity contribution >= 4 is 11.9 Å². The molecule has 116 valence electrons. The number of ether oxygens (including phenoxy) is 1. The molecule has 7 heteroatoms. The monoisotopic (exact) mass is 304 g/mol. The number of nitrogens with zero attached hydrogens (tertiary/aromatic N) is 1. The average molecular weight is 304 g/mol. The van der Waals surface area contributed by atoms with E-state index in [1.165, 1.54) is 0 Å². The molecule has 2 aromatic rings. The van der Waals surface area contributed by atoms with E-state index in [1.54, 1.807) is 43.3 Å². The van der Waals surface area contributed by atoms with Crippen molar-refractivity contribution in [3.05, 3.63) is 53.4 Å². The van der Waals surface area contributed by atoms with Gasteiger partial charge in [0.2, 0.25) is 5.91 Å². The van der Waals surface area contributed by atoms with Crippen molar-refractivity contribution in [2.75, 3.05) is 6.61 Å². The number of carbonyl (C=O) groups excluding carboxylic acids is 1. The molecule has 1 aromatic carbocycles. The van der Waals surface area contributed by atoms with Crippen LogP contribution in [0.3, 0.4) is 0 Å². The van der Waals surface area contributed by atoms with Crippen LogP contribution < -0.4 is 5.32 Å². The van der Waals surface area contributed by atoms with Crippen molar-refractivity contribution in [2.45, 2.75) is 19.6 Å². The number of aliphatic carboxylic acids is 1. The number of carboxylic acid groups (broad SMARTS) is 1. The molecule has 0 aliphatic carbocycles. The molecule has 1 atom stereocenters. The normalized spacial score (nSPS) is 11.9. The van der Waals surface area contributed by atoms with Crippen LogP contribution in [0.2, 0.25) is 0 Å². The summed E-state index contributed by atoms with van der Waals surface area (Å²) in [6.07, 6.45) is 0. The van der Waals surface area contributed by atoms with Gasteiger partial charge in [-0.15, -0.1) is 0 Å². The molecular formula is C15H16N2O5. The van der Waals surface area contributed by atoms with Gasteiger partial charge in [-0.05, 0) is 12.5 Å². The Bertz CT molecular complexity index is 638. The molecule has 0 saturated carbocycles. The van der Waals surface area contributed by atoms with Crippen molar-refractivity contribution in [3.63, 3.8) is 0 Å². The molecule has 0 aliphatic rings. The molecule has 1 aromatic heterocycles. The van der Waals surface area contributed by atoms with Gasteiger partial charge in [0.1, 0.15) is 13.2 Å². The number of hydrogen-bond donors (Lipinski definition) is 2. The Hall–Kier alpha value is -2.67. The molecule has 1 heterocycles. The fourth-order valence-electron chi connectivity index (χ4n) is 1.86. The third-order valence-corrected chi connectivity index (χ3v) is 2.84. The Morgan fingerprint density at radius 1 is 1.36 bits per heavy atom. The Morgan fingerprint density at radius 3 is 2.68 bits per heavy atom. The summed E-state index contributed by atoms with van der Waals surface area (Å²) in [5.74, 6) is -1.15. The van der Waals surface area contributed by atoms with E-state index in [-0.39, 0.29) is 13.2 Å². The summed E-state index contributed by atoms with van der Waals surface area (Å²) in [4.78, 5) is 23.0. The van der Waals surface area contributed by atoms with E-state index in [9.17, 15) is 14.7 Å². The van der Waals surface area contributed by atoms with Gasteiger partial charge in [-0.25, -0.2) is 4.79 Å². The zero-order valence-electron chi connectivity index (χ0n) is 12.0. The van der Waals surface area contributed by atoms with Gasteiger partial charge in [-0.1, -0.05) is 35.5 Å². The van der Waals surface area contributed by atoms with Gasteiger partial charge in [-0.3, -0.25) is 4.79 Å². The molecule has 0 aliphatic heterocycles. The van der Waals surface area contributed by atoms with Crippen LogP contribution in [0.15, 0.2) is 40.9 Å². The topological polar surface area (TPSA) is 102 Å². The largest absolute Gasteiger partial charge is 0.479 e. The number of aryl methyl sites for hydroxylation is 1. The highest BCUT2D eigenvalue weighted by Crippen LogP contribution is 2.12. The number of hydrogen-bond acceptors (Lipinski definition) is 5. The van der Waals surface area contributed by atoms with Crippen molar-refractivity contribution in [2.24, 2.45) is 0 Å². The van der Waals surface area contributed by atoms with E-state index in [0.29, 0.717) is 11.3 Å². The van der Waals surface area contributed by atoms with Crippen LogP contribution >= 0.6 is 0 Å². The van der Waals surface area contributed by atoms with Crippen LogP contribution in [0, 0.1) is 6.92 Å². The van der Waals surface area contributed by atoms with E-state index >= 15 is 0 Å². The van der Waals surface area contributed by atoms with Gasteiger partial charge in [0.15, 0.2) is 11.8 Å². The van der Waals surface area contributed by atoms with E-state index in [4.69, 9.17) is 9.26 Å². The molecule has 1 amide bonds. The number of amides is 1. The van der Waals surface area contributed by atoms with Gasteiger partial charge in [-0.2, -0.15) is 0 Å². The lowest BCUT2D eigenvalue weighted by Crippen LogP contribution is -2.36. The van der Waals surface area contributed by atoms with Crippen LogP contribution in [-0.4, -0.2) is 28.7 Å². The lowest BCUT2D eigenvalue weighted by atomic mass is 10.1. The summed E-state index contributed by atoms with van der Waals surface area (Å²) < 4.78 is 10.1. The Kier molecular flexibility index (Phi) is 5.26. The van der Waals surface area contributed by atoms with E-state index in [0.717, 1.165) is 5.69 Å². The Morgan fingerprint density at radius 2 is 2.09 bits per heavy atom. The standard InChI is InChI=1S/C15H16N2O5/c1-10-7-12(22-17-10)8-21-9-13(18)16-14(15(19)20)11-5-3-2-4-6-11/h2-7,14H,8-9H2,1H3,(H,16,18)(H,19,20)/t14-/m1/s1. The summed E-state index contributed by atoms with van der Waals surface area (Å²) >= 11 is 0. The summed E-state index contributed by atoms with van der Waals surface area (Å²) in [7, 11) is 0. The first-order valence-corrected chi connectivity index (χ1v) is 6.63. The Labute approximate surface area is 126 Å². The third-order valence-electron chi connectivity index (χ3n) is 2.84. The summed E-state index contributed by atoms with van der Waals surface area (Å²) in [5.41, 5.74) is 1.22. The number of nitrogens with one attached hydrogen (secondary N) is 1. The maximum atomic E-state index is 11.8. The molecule has 2 N–H and O–H groups in total. The van der Waals surface area contributed by atoms with Crippen molar-refractivity contribution in [1.29, 1.82) is 0 Å². The first kappa shape index (κ1) is 15.7. The molecule has 0 unspecified atom stereocenters. The predicted octanol–water partition coefficient (Wildman–Crippen LogP) is 1.44. The molecule has 0 bridgehead atoms. The first-order valence-electron chi connectivity index (χ1n) is 6.63. The second-order valence-electron chi connectivity index (χ2n) is 4.68. The quantitative estimate of drug-likeness (QED) is 0.802. The maximum absolute atomic E-state index is 11.8. The van der Waals surface area contributed by atoms with Gasteiger partial charge in [0.05, 0.1) is 5.69 Å². The van der Waals surface area contributed by atoms with Crippen molar-refractivity contribution in [1.82, 2.24) is 10.5 Å². The second-order valence-corrected chi connectivity index (χ2v) is 4.68. The van der Waals surface area contributed by atoms with Gasteiger partial charge in [0, 0.05) is 6.07 Å². The SMILES string of the molecule is Cc1cc(COCC(=O)N[C@@H](C(=O)O)c2ccccc2)on1. The van der Waals surface area contributed by atoms with Crippen LogP contribution in [-0.2, 0) is 20.9 Å². The minimum Gasteiger partial charge on any atom is -0.479 e. The molecule has 0 saturated heterocycles. The Balaban J connectivity index is 1.85. The molecule has 2 rings (SSSR count). The first-order chi connectivity index (χ1) is 10.6. The van der Waals surface area contributed by atoms with Crippen LogP contribution in [0.5, 0.6) is 0 Å². The highest BCUT2D eigenvalue weighted by atomic mass is 16.5. The van der Waals surface area contributed by atoms with Gasteiger partial charge >= 0.3 is 5.97 Å². The van der Waals surface area contributed by atoms with E-state index in [2.05, 4.69) is 10.5 Å². The highest BCUT2D eigenvalue weighted by molar-refractivity contribution is 5.85. The third kappa shape index (κ3) is 4.42. The van der Waals surface area contributed by atoms with Gasteiger partial charge < -0.3 is 19.7 Å². The highest BCUT2D eigenvalue weighted by Gasteiger charge is 2.21. The number of rotatable bonds is 7. The molecule has 0 fully saturated rings. The van der Waals surface area contributed by atoms with E-state index < -0.39 is 17.9 Å². The molecule has 22 heavy (non-hydrogen) atoms. The number of aromatic nitrogens is 1. The second kappa shape index (κ2) is 7.37. The zero-order chi connectivity index (χ0) is 15.9. The number of carboxylic acids is 1. The molecule has 0 spiro atoms. The van der Waals surface area contributed by atoms with Crippen molar-refractivity contribution < 1.29 is 24.0 Å².